The van der Waals surface area contributed by atoms with E-state index in [4.69, 9.17) is 9.15 Å². The maximum absolute atomic E-state index is 5.51. The van der Waals surface area contributed by atoms with Gasteiger partial charge in [0.15, 0.2) is 0 Å². The lowest BCUT2D eigenvalue weighted by Gasteiger charge is -1.97. The average molecular weight is 190 g/mol. The molecule has 2 heteroatoms. The molecule has 1 aromatic heterocycles. The van der Waals surface area contributed by atoms with Gasteiger partial charge in [-0.3, -0.25) is 0 Å². The highest BCUT2D eigenvalue weighted by atomic mass is 16.5. The molecular formula is C12H14O2. The fourth-order valence-electron chi connectivity index (χ4n) is 1.62. The SMILES string of the molecule is COCCCc1occ2ccccc12. The van der Waals surface area contributed by atoms with Crippen LogP contribution < -0.4 is 0 Å². The van der Waals surface area contributed by atoms with Crippen molar-refractivity contribution < 1.29 is 9.15 Å². The van der Waals surface area contributed by atoms with Crippen molar-refractivity contribution in [2.75, 3.05) is 13.7 Å². The number of aryl methyl sites for hydroxylation is 1. The molecule has 2 aromatic rings. The number of furan rings is 1. The highest BCUT2D eigenvalue weighted by Gasteiger charge is 2.04. The number of ether oxygens (including phenoxy) is 1. The van der Waals surface area contributed by atoms with E-state index in [1.807, 2.05) is 18.4 Å². The largest absolute Gasteiger partial charge is 0.468 e. The summed E-state index contributed by atoms with van der Waals surface area (Å²) in [6.07, 6.45) is 3.77. The van der Waals surface area contributed by atoms with Gasteiger partial charge < -0.3 is 9.15 Å². The van der Waals surface area contributed by atoms with Gasteiger partial charge in [0.05, 0.1) is 6.26 Å². The van der Waals surface area contributed by atoms with Crippen LogP contribution in [0.5, 0.6) is 0 Å². The van der Waals surface area contributed by atoms with Crippen LogP contribution in [0.1, 0.15) is 12.2 Å². The van der Waals surface area contributed by atoms with E-state index in [1.165, 1.54) is 10.8 Å². The molecule has 1 heterocycles. The maximum atomic E-state index is 5.51. The first-order valence-corrected chi connectivity index (χ1v) is 4.86. The van der Waals surface area contributed by atoms with Gasteiger partial charge in [0.2, 0.25) is 0 Å². The lowest BCUT2D eigenvalue weighted by Crippen LogP contribution is -1.91. The molecule has 14 heavy (non-hydrogen) atoms. The summed E-state index contributed by atoms with van der Waals surface area (Å²) in [4.78, 5) is 0. The van der Waals surface area contributed by atoms with Crippen molar-refractivity contribution in [2.45, 2.75) is 12.8 Å². The smallest absolute Gasteiger partial charge is 0.111 e. The Kier molecular flexibility index (Phi) is 2.84. The Bertz CT molecular complexity index is 403. The standard InChI is InChI=1S/C12H14O2/c1-13-8-4-7-12-11-6-3-2-5-10(11)9-14-12/h2-3,5-6,9H,4,7-8H2,1H3. The van der Waals surface area contributed by atoms with Crippen molar-refractivity contribution in [3.8, 4) is 0 Å². The van der Waals surface area contributed by atoms with E-state index in [0.29, 0.717) is 0 Å². The van der Waals surface area contributed by atoms with Gasteiger partial charge in [-0.2, -0.15) is 0 Å². The van der Waals surface area contributed by atoms with Crippen molar-refractivity contribution in [2.24, 2.45) is 0 Å². The van der Waals surface area contributed by atoms with Gasteiger partial charge in [-0.05, 0) is 6.42 Å². The monoisotopic (exact) mass is 190 g/mol. The van der Waals surface area contributed by atoms with Crippen LogP contribution in [0, 0.1) is 0 Å². The van der Waals surface area contributed by atoms with Crippen LogP contribution in [0.25, 0.3) is 10.8 Å². The van der Waals surface area contributed by atoms with Crippen molar-refractivity contribution in [1.82, 2.24) is 0 Å². The van der Waals surface area contributed by atoms with Gasteiger partial charge in [0.1, 0.15) is 5.76 Å². The molecule has 0 bridgehead atoms. The van der Waals surface area contributed by atoms with Gasteiger partial charge in [-0.25, -0.2) is 0 Å². The van der Waals surface area contributed by atoms with E-state index in [1.54, 1.807) is 7.11 Å². The minimum atomic E-state index is 0.787. The van der Waals surface area contributed by atoms with Gasteiger partial charge in [-0.15, -0.1) is 0 Å². The minimum absolute atomic E-state index is 0.787. The third-order valence-electron chi connectivity index (χ3n) is 2.34. The average Bonchev–Trinajstić information content (AvgIpc) is 2.63. The Labute approximate surface area is 83.5 Å². The lowest BCUT2D eigenvalue weighted by molar-refractivity contribution is 0.193. The first-order chi connectivity index (χ1) is 6.92. The second kappa shape index (κ2) is 4.29. The zero-order valence-electron chi connectivity index (χ0n) is 8.32. The summed E-state index contributed by atoms with van der Waals surface area (Å²) in [7, 11) is 1.72. The van der Waals surface area contributed by atoms with Crippen molar-refractivity contribution >= 4 is 10.8 Å². The fourth-order valence-corrected chi connectivity index (χ4v) is 1.62. The zero-order chi connectivity index (χ0) is 9.80. The molecule has 0 saturated carbocycles. The van der Waals surface area contributed by atoms with Gasteiger partial charge in [0.25, 0.3) is 0 Å². The zero-order valence-corrected chi connectivity index (χ0v) is 8.32. The van der Waals surface area contributed by atoms with E-state index in [2.05, 4.69) is 12.1 Å². The molecule has 0 aliphatic heterocycles. The van der Waals surface area contributed by atoms with E-state index in [0.717, 1.165) is 25.2 Å². The summed E-state index contributed by atoms with van der Waals surface area (Å²) >= 11 is 0. The van der Waals surface area contributed by atoms with Gasteiger partial charge in [-0.1, -0.05) is 24.3 Å². The van der Waals surface area contributed by atoms with Crippen LogP contribution in [0.3, 0.4) is 0 Å². The number of hydrogen-bond acceptors (Lipinski definition) is 2. The van der Waals surface area contributed by atoms with E-state index >= 15 is 0 Å². The number of rotatable bonds is 4. The van der Waals surface area contributed by atoms with Crippen LogP contribution >= 0.6 is 0 Å². The van der Waals surface area contributed by atoms with Gasteiger partial charge in [0, 0.05) is 30.9 Å². The van der Waals surface area contributed by atoms with E-state index < -0.39 is 0 Å². The molecule has 0 radical (unpaired) electrons. The number of fused-ring (bicyclic) bond motifs is 1. The highest BCUT2D eigenvalue weighted by Crippen LogP contribution is 2.21. The molecular weight excluding hydrogens is 176 g/mol. The summed E-state index contributed by atoms with van der Waals surface area (Å²) in [5.74, 6) is 1.07. The molecule has 0 atom stereocenters. The summed E-state index contributed by atoms with van der Waals surface area (Å²) in [6, 6.07) is 8.23. The molecule has 2 rings (SSSR count). The second-order valence-electron chi connectivity index (χ2n) is 3.34. The van der Waals surface area contributed by atoms with Crippen LogP contribution in [-0.4, -0.2) is 13.7 Å². The Morgan fingerprint density at radius 1 is 1.29 bits per heavy atom. The molecule has 0 N–H and O–H groups in total. The third kappa shape index (κ3) is 1.80. The molecule has 0 aliphatic carbocycles. The number of hydrogen-bond donors (Lipinski definition) is 0. The molecule has 0 fully saturated rings. The molecule has 2 nitrogen and oxygen atoms in total. The van der Waals surface area contributed by atoms with Crippen molar-refractivity contribution in [3.05, 3.63) is 36.3 Å². The molecule has 1 aromatic carbocycles. The van der Waals surface area contributed by atoms with Crippen molar-refractivity contribution in [3.63, 3.8) is 0 Å². The van der Waals surface area contributed by atoms with E-state index in [-0.39, 0.29) is 0 Å². The third-order valence-corrected chi connectivity index (χ3v) is 2.34. The summed E-state index contributed by atoms with van der Waals surface area (Å²) in [6.45, 7) is 0.787. The Morgan fingerprint density at radius 2 is 2.14 bits per heavy atom. The Hall–Kier alpha value is -1.28. The Morgan fingerprint density at radius 3 is 3.00 bits per heavy atom. The molecule has 0 unspecified atom stereocenters. The topological polar surface area (TPSA) is 22.4 Å². The number of methoxy groups -OCH3 is 1. The second-order valence-corrected chi connectivity index (χ2v) is 3.34. The normalized spacial score (nSPS) is 10.9. The fraction of sp³-hybridized carbons (Fsp3) is 0.333. The Balaban J connectivity index is 2.17. The van der Waals surface area contributed by atoms with Crippen molar-refractivity contribution in [1.29, 1.82) is 0 Å². The summed E-state index contributed by atoms with van der Waals surface area (Å²) in [5, 5.41) is 2.41. The highest BCUT2D eigenvalue weighted by molar-refractivity contribution is 5.83. The van der Waals surface area contributed by atoms with Crippen LogP contribution in [0.15, 0.2) is 34.9 Å². The van der Waals surface area contributed by atoms with Crippen LogP contribution in [-0.2, 0) is 11.2 Å². The molecule has 0 spiro atoms. The predicted molar refractivity (Wildman–Crippen MR) is 56.4 cm³/mol. The van der Waals surface area contributed by atoms with Gasteiger partial charge >= 0.3 is 0 Å². The number of benzene rings is 1. The van der Waals surface area contributed by atoms with Crippen LogP contribution in [0.4, 0.5) is 0 Å². The van der Waals surface area contributed by atoms with E-state index in [9.17, 15) is 0 Å². The van der Waals surface area contributed by atoms with Crippen LogP contribution in [0.2, 0.25) is 0 Å². The molecule has 0 amide bonds. The molecule has 74 valence electrons. The summed E-state index contributed by atoms with van der Waals surface area (Å²) in [5.41, 5.74) is 0. The predicted octanol–water partition coefficient (Wildman–Crippen LogP) is 3.01. The quantitative estimate of drug-likeness (QED) is 0.691. The first-order valence-electron chi connectivity index (χ1n) is 4.86. The molecule has 0 saturated heterocycles. The first kappa shape index (κ1) is 9.28. The molecule has 0 aliphatic rings. The minimum Gasteiger partial charge on any atom is -0.468 e. The maximum Gasteiger partial charge on any atom is 0.111 e. The summed E-state index contributed by atoms with van der Waals surface area (Å²) < 4.78 is 10.5. The lowest BCUT2D eigenvalue weighted by atomic mass is 10.1.